The number of aliphatic hydroxyl groups is 1. The number of likely N-dealkylation sites (N-methyl/N-ethyl adjacent to an activating group) is 1. The third kappa shape index (κ3) is 5.17. The summed E-state index contributed by atoms with van der Waals surface area (Å²) in [6.45, 7) is 1.76. The predicted octanol–water partition coefficient (Wildman–Crippen LogP) is 1.13. The average molecular weight is 239 g/mol. The molecule has 4 nitrogen and oxygen atoms in total. The van der Waals surface area contributed by atoms with Crippen LogP contribution in [-0.2, 0) is 11.3 Å². The SMILES string of the molecule is COCC(O)CN(C)Cc1ccc(OC)cc1. The quantitative estimate of drug-likeness (QED) is 0.774. The molecule has 0 fully saturated rings. The molecular weight excluding hydrogens is 218 g/mol. The molecule has 1 aromatic carbocycles. The molecule has 0 saturated carbocycles. The summed E-state index contributed by atoms with van der Waals surface area (Å²) in [5.41, 5.74) is 1.19. The summed E-state index contributed by atoms with van der Waals surface area (Å²) in [6, 6.07) is 7.93. The Morgan fingerprint density at radius 3 is 2.41 bits per heavy atom. The second-order valence-corrected chi connectivity index (χ2v) is 4.15. The Morgan fingerprint density at radius 2 is 1.88 bits per heavy atom. The third-order valence-corrected chi connectivity index (χ3v) is 2.49. The van der Waals surface area contributed by atoms with Crippen molar-refractivity contribution in [2.45, 2.75) is 12.6 Å². The number of nitrogens with zero attached hydrogens (tertiary/aromatic N) is 1. The summed E-state index contributed by atoms with van der Waals surface area (Å²) in [5, 5.41) is 9.59. The van der Waals surface area contributed by atoms with Gasteiger partial charge in [-0.2, -0.15) is 0 Å². The van der Waals surface area contributed by atoms with E-state index >= 15 is 0 Å². The normalized spacial score (nSPS) is 12.8. The van der Waals surface area contributed by atoms with Crippen molar-refractivity contribution in [1.29, 1.82) is 0 Å². The van der Waals surface area contributed by atoms with Gasteiger partial charge < -0.3 is 14.6 Å². The number of rotatable bonds is 7. The highest BCUT2D eigenvalue weighted by molar-refractivity contribution is 5.26. The lowest BCUT2D eigenvalue weighted by molar-refractivity contribution is 0.0419. The zero-order valence-corrected chi connectivity index (χ0v) is 10.7. The van der Waals surface area contributed by atoms with Crippen LogP contribution in [0.2, 0.25) is 0 Å². The van der Waals surface area contributed by atoms with Crippen molar-refractivity contribution in [3.05, 3.63) is 29.8 Å². The molecule has 0 radical (unpaired) electrons. The highest BCUT2D eigenvalue weighted by Crippen LogP contribution is 2.12. The molecule has 0 aliphatic rings. The van der Waals surface area contributed by atoms with Gasteiger partial charge in [-0.25, -0.2) is 0 Å². The molecular formula is C13H21NO3. The minimum Gasteiger partial charge on any atom is -0.497 e. The first-order valence-corrected chi connectivity index (χ1v) is 5.64. The lowest BCUT2D eigenvalue weighted by Gasteiger charge is -2.20. The van der Waals surface area contributed by atoms with Crippen LogP contribution in [0.5, 0.6) is 5.75 Å². The number of methoxy groups -OCH3 is 2. The minimum atomic E-state index is -0.441. The summed E-state index contributed by atoms with van der Waals surface area (Å²) in [7, 11) is 5.22. The van der Waals surface area contributed by atoms with Gasteiger partial charge in [0.2, 0.25) is 0 Å². The first kappa shape index (κ1) is 14.0. The highest BCUT2D eigenvalue weighted by Gasteiger charge is 2.08. The molecule has 0 spiro atoms. The van der Waals surface area contributed by atoms with E-state index in [1.807, 2.05) is 31.3 Å². The molecule has 0 bridgehead atoms. The maximum absolute atomic E-state index is 9.59. The van der Waals surface area contributed by atoms with E-state index in [2.05, 4.69) is 4.90 Å². The van der Waals surface area contributed by atoms with Crippen molar-refractivity contribution in [2.75, 3.05) is 34.4 Å². The molecule has 96 valence electrons. The van der Waals surface area contributed by atoms with Crippen LogP contribution in [0.3, 0.4) is 0 Å². The molecule has 17 heavy (non-hydrogen) atoms. The first-order valence-electron chi connectivity index (χ1n) is 5.64. The van der Waals surface area contributed by atoms with Crippen molar-refractivity contribution < 1.29 is 14.6 Å². The van der Waals surface area contributed by atoms with E-state index in [9.17, 15) is 5.11 Å². The molecule has 1 unspecified atom stereocenters. The Bertz CT molecular complexity index is 313. The summed E-state index contributed by atoms with van der Waals surface area (Å²) in [5.74, 6) is 0.857. The van der Waals surface area contributed by atoms with Gasteiger partial charge in [-0.3, -0.25) is 4.90 Å². The van der Waals surface area contributed by atoms with E-state index in [0.29, 0.717) is 13.2 Å². The second kappa shape index (κ2) is 7.27. The van der Waals surface area contributed by atoms with Crippen LogP contribution in [0.4, 0.5) is 0 Å². The van der Waals surface area contributed by atoms with Crippen LogP contribution < -0.4 is 4.74 Å². The lowest BCUT2D eigenvalue weighted by Crippen LogP contribution is -2.31. The van der Waals surface area contributed by atoms with Crippen molar-refractivity contribution in [1.82, 2.24) is 4.90 Å². The number of benzene rings is 1. The smallest absolute Gasteiger partial charge is 0.118 e. The largest absolute Gasteiger partial charge is 0.497 e. The van der Waals surface area contributed by atoms with Crippen molar-refractivity contribution in [2.24, 2.45) is 0 Å². The molecule has 4 heteroatoms. The highest BCUT2D eigenvalue weighted by atomic mass is 16.5. The lowest BCUT2D eigenvalue weighted by atomic mass is 10.2. The average Bonchev–Trinajstić information content (AvgIpc) is 2.30. The van der Waals surface area contributed by atoms with Crippen molar-refractivity contribution >= 4 is 0 Å². The maximum Gasteiger partial charge on any atom is 0.118 e. The summed E-state index contributed by atoms with van der Waals surface area (Å²) >= 11 is 0. The number of hydrogen-bond acceptors (Lipinski definition) is 4. The Morgan fingerprint density at radius 1 is 1.24 bits per heavy atom. The van der Waals surface area contributed by atoms with E-state index in [-0.39, 0.29) is 0 Å². The van der Waals surface area contributed by atoms with Gasteiger partial charge in [-0.1, -0.05) is 12.1 Å². The van der Waals surface area contributed by atoms with Crippen LogP contribution >= 0.6 is 0 Å². The van der Waals surface area contributed by atoms with Gasteiger partial charge in [-0.05, 0) is 24.7 Å². The minimum absolute atomic E-state index is 0.368. The number of hydrogen-bond donors (Lipinski definition) is 1. The van der Waals surface area contributed by atoms with Gasteiger partial charge >= 0.3 is 0 Å². The van der Waals surface area contributed by atoms with Crippen molar-refractivity contribution in [3.63, 3.8) is 0 Å². The maximum atomic E-state index is 9.59. The van der Waals surface area contributed by atoms with Crippen LogP contribution in [-0.4, -0.2) is 50.5 Å². The summed E-state index contributed by atoms with van der Waals surface area (Å²) in [4.78, 5) is 2.06. The molecule has 1 aromatic rings. The van der Waals surface area contributed by atoms with E-state index in [0.717, 1.165) is 12.3 Å². The molecule has 0 aliphatic carbocycles. The fourth-order valence-electron chi connectivity index (χ4n) is 1.71. The third-order valence-electron chi connectivity index (χ3n) is 2.49. The van der Waals surface area contributed by atoms with Crippen LogP contribution in [0.1, 0.15) is 5.56 Å². The van der Waals surface area contributed by atoms with E-state index in [1.54, 1.807) is 14.2 Å². The fraction of sp³-hybridized carbons (Fsp3) is 0.538. The molecule has 0 heterocycles. The standard InChI is InChI=1S/C13H21NO3/c1-14(9-12(15)10-16-2)8-11-4-6-13(17-3)7-5-11/h4-7,12,15H,8-10H2,1-3H3. The van der Waals surface area contributed by atoms with Crippen molar-refractivity contribution in [3.8, 4) is 5.75 Å². The molecule has 1 rings (SSSR count). The van der Waals surface area contributed by atoms with Gasteiger partial charge in [0, 0.05) is 20.2 Å². The fourth-order valence-corrected chi connectivity index (χ4v) is 1.71. The van der Waals surface area contributed by atoms with Crippen LogP contribution in [0.25, 0.3) is 0 Å². The Hall–Kier alpha value is -1.10. The molecule has 0 saturated heterocycles. The first-order chi connectivity index (χ1) is 8.15. The Balaban J connectivity index is 2.41. The molecule has 0 amide bonds. The zero-order valence-electron chi connectivity index (χ0n) is 10.7. The predicted molar refractivity (Wildman–Crippen MR) is 67.2 cm³/mol. The monoisotopic (exact) mass is 239 g/mol. The second-order valence-electron chi connectivity index (χ2n) is 4.15. The molecule has 1 atom stereocenters. The van der Waals surface area contributed by atoms with Gasteiger partial charge in [0.1, 0.15) is 5.75 Å². The van der Waals surface area contributed by atoms with Crippen LogP contribution in [0, 0.1) is 0 Å². The van der Waals surface area contributed by atoms with Gasteiger partial charge in [0.15, 0.2) is 0 Å². The Kier molecular flexibility index (Phi) is 5.97. The van der Waals surface area contributed by atoms with Crippen LogP contribution in [0.15, 0.2) is 24.3 Å². The topological polar surface area (TPSA) is 41.9 Å². The molecule has 0 aliphatic heterocycles. The van der Waals surface area contributed by atoms with E-state index < -0.39 is 6.10 Å². The molecule has 1 N–H and O–H groups in total. The summed E-state index contributed by atoms with van der Waals surface area (Å²) in [6.07, 6.45) is -0.441. The van der Waals surface area contributed by atoms with Gasteiger partial charge in [0.25, 0.3) is 0 Å². The number of ether oxygens (including phenoxy) is 2. The zero-order chi connectivity index (χ0) is 12.7. The molecule has 0 aromatic heterocycles. The van der Waals surface area contributed by atoms with E-state index in [1.165, 1.54) is 5.56 Å². The van der Waals surface area contributed by atoms with Gasteiger partial charge in [0.05, 0.1) is 19.8 Å². The van der Waals surface area contributed by atoms with Gasteiger partial charge in [-0.15, -0.1) is 0 Å². The summed E-state index contributed by atoms with van der Waals surface area (Å²) < 4.78 is 9.99. The van der Waals surface area contributed by atoms with E-state index in [4.69, 9.17) is 9.47 Å². The number of aliphatic hydroxyl groups excluding tert-OH is 1. The Labute approximate surface area is 103 Å².